The van der Waals surface area contributed by atoms with Crippen LogP contribution in [-0.2, 0) is 4.79 Å². The highest BCUT2D eigenvalue weighted by atomic mass is 16.5. The van der Waals surface area contributed by atoms with Crippen molar-refractivity contribution in [2.45, 2.75) is 12.5 Å². The maximum atomic E-state index is 10.5. The van der Waals surface area contributed by atoms with Crippen LogP contribution in [0.4, 0.5) is 0 Å². The van der Waals surface area contributed by atoms with Crippen molar-refractivity contribution in [3.05, 3.63) is 35.9 Å². The number of rotatable bonds is 2. The molecule has 3 nitrogen and oxygen atoms in total. The molecule has 0 saturated carbocycles. The zero-order valence-corrected chi connectivity index (χ0v) is 7.51. The molecule has 0 saturated heterocycles. The fraction of sp³-hybridized carbons (Fsp3) is 0.182. The maximum Gasteiger partial charge on any atom is 0.307 e. The summed E-state index contributed by atoms with van der Waals surface area (Å²) in [6.07, 6.45) is 3.33. The van der Waals surface area contributed by atoms with Crippen LogP contribution in [0.3, 0.4) is 0 Å². The molecular formula is C11H10O3. The van der Waals surface area contributed by atoms with Gasteiger partial charge >= 0.3 is 5.97 Å². The summed E-state index contributed by atoms with van der Waals surface area (Å²) >= 11 is 0. The van der Waals surface area contributed by atoms with E-state index in [4.69, 9.17) is 9.84 Å². The largest absolute Gasteiger partial charge is 0.485 e. The first-order valence-electron chi connectivity index (χ1n) is 4.41. The summed E-state index contributed by atoms with van der Waals surface area (Å²) in [6.45, 7) is 0. The predicted molar refractivity (Wildman–Crippen MR) is 52.1 cm³/mol. The molecule has 0 fully saturated rings. The Hall–Kier alpha value is -1.77. The summed E-state index contributed by atoms with van der Waals surface area (Å²) in [5, 5.41) is 8.60. The van der Waals surface area contributed by atoms with Crippen LogP contribution in [0.25, 0.3) is 6.08 Å². The number of benzene rings is 1. The normalized spacial score (nSPS) is 18.4. The molecule has 2 rings (SSSR count). The summed E-state index contributed by atoms with van der Waals surface area (Å²) in [6, 6.07) is 7.57. The number of ether oxygens (including phenoxy) is 1. The van der Waals surface area contributed by atoms with Crippen LogP contribution < -0.4 is 4.74 Å². The van der Waals surface area contributed by atoms with Gasteiger partial charge in [-0.2, -0.15) is 0 Å². The summed E-state index contributed by atoms with van der Waals surface area (Å²) < 4.78 is 5.48. The molecule has 1 heterocycles. The smallest absolute Gasteiger partial charge is 0.307 e. The standard InChI is InChI=1S/C11H10O3/c12-11(13)7-9-6-5-8-3-1-2-4-10(8)14-9/h1-6,9H,7H2,(H,12,13). The Morgan fingerprint density at radius 3 is 3.00 bits per heavy atom. The Morgan fingerprint density at radius 1 is 1.43 bits per heavy atom. The number of hydrogen-bond donors (Lipinski definition) is 1. The van der Waals surface area contributed by atoms with Crippen LogP contribution >= 0.6 is 0 Å². The van der Waals surface area contributed by atoms with Gasteiger partial charge in [0, 0.05) is 5.56 Å². The second kappa shape index (κ2) is 3.54. The molecule has 1 aliphatic rings. The Kier molecular flexibility index (Phi) is 2.23. The van der Waals surface area contributed by atoms with E-state index in [2.05, 4.69) is 0 Å². The van der Waals surface area contributed by atoms with Gasteiger partial charge in [0.2, 0.25) is 0 Å². The van der Waals surface area contributed by atoms with Crippen molar-refractivity contribution in [3.8, 4) is 5.75 Å². The van der Waals surface area contributed by atoms with E-state index in [0.29, 0.717) is 0 Å². The van der Waals surface area contributed by atoms with Crippen molar-refractivity contribution in [1.29, 1.82) is 0 Å². The monoisotopic (exact) mass is 190 g/mol. The summed E-state index contributed by atoms with van der Waals surface area (Å²) in [7, 11) is 0. The Bertz CT molecular complexity index is 382. The van der Waals surface area contributed by atoms with E-state index in [1.807, 2.05) is 30.3 Å². The van der Waals surface area contributed by atoms with Gasteiger partial charge in [-0.1, -0.05) is 24.3 Å². The van der Waals surface area contributed by atoms with Gasteiger partial charge in [0.25, 0.3) is 0 Å². The number of carboxylic acid groups (broad SMARTS) is 1. The van der Waals surface area contributed by atoms with E-state index in [-0.39, 0.29) is 12.5 Å². The molecule has 1 atom stereocenters. The van der Waals surface area contributed by atoms with Crippen molar-refractivity contribution in [2.75, 3.05) is 0 Å². The van der Waals surface area contributed by atoms with Crippen LogP contribution in [0, 0.1) is 0 Å². The second-order valence-corrected chi connectivity index (χ2v) is 3.15. The number of para-hydroxylation sites is 1. The fourth-order valence-electron chi connectivity index (χ4n) is 1.42. The molecule has 0 aromatic heterocycles. The second-order valence-electron chi connectivity index (χ2n) is 3.15. The van der Waals surface area contributed by atoms with Gasteiger partial charge in [0.05, 0.1) is 6.42 Å². The molecule has 0 radical (unpaired) electrons. The van der Waals surface area contributed by atoms with Gasteiger partial charge in [0.15, 0.2) is 0 Å². The molecule has 1 aromatic rings. The summed E-state index contributed by atoms with van der Waals surface area (Å²) in [4.78, 5) is 10.5. The lowest BCUT2D eigenvalue weighted by molar-refractivity contribution is -0.138. The number of carbonyl (C=O) groups is 1. The number of fused-ring (bicyclic) bond motifs is 1. The molecule has 3 heteroatoms. The lowest BCUT2D eigenvalue weighted by atomic mass is 10.1. The van der Waals surface area contributed by atoms with Gasteiger partial charge in [-0.3, -0.25) is 4.79 Å². The average molecular weight is 190 g/mol. The van der Waals surface area contributed by atoms with E-state index in [1.54, 1.807) is 6.08 Å². The topological polar surface area (TPSA) is 46.5 Å². The lowest BCUT2D eigenvalue weighted by Crippen LogP contribution is -2.20. The van der Waals surface area contributed by atoms with E-state index in [1.165, 1.54) is 0 Å². The summed E-state index contributed by atoms with van der Waals surface area (Å²) in [5.74, 6) is -0.0970. The molecule has 1 aliphatic heterocycles. The fourth-order valence-corrected chi connectivity index (χ4v) is 1.42. The van der Waals surface area contributed by atoms with Crippen molar-refractivity contribution >= 4 is 12.0 Å². The predicted octanol–water partition coefficient (Wildman–Crippen LogP) is 1.94. The Morgan fingerprint density at radius 2 is 2.21 bits per heavy atom. The highest BCUT2D eigenvalue weighted by molar-refractivity contribution is 5.69. The molecule has 0 bridgehead atoms. The first-order chi connectivity index (χ1) is 6.75. The zero-order chi connectivity index (χ0) is 9.97. The molecular weight excluding hydrogens is 180 g/mol. The van der Waals surface area contributed by atoms with Crippen LogP contribution in [0.1, 0.15) is 12.0 Å². The van der Waals surface area contributed by atoms with Crippen molar-refractivity contribution in [3.63, 3.8) is 0 Å². The molecule has 0 spiro atoms. The van der Waals surface area contributed by atoms with Gasteiger partial charge in [-0.25, -0.2) is 0 Å². The molecule has 72 valence electrons. The minimum atomic E-state index is -0.848. The molecule has 1 aromatic carbocycles. The first kappa shape index (κ1) is 8.81. The third kappa shape index (κ3) is 1.76. The highest BCUT2D eigenvalue weighted by Crippen LogP contribution is 2.26. The quantitative estimate of drug-likeness (QED) is 0.775. The van der Waals surface area contributed by atoms with E-state index < -0.39 is 5.97 Å². The van der Waals surface area contributed by atoms with Crippen molar-refractivity contribution in [1.82, 2.24) is 0 Å². The maximum absolute atomic E-state index is 10.5. The van der Waals surface area contributed by atoms with Gasteiger partial charge in [-0.15, -0.1) is 0 Å². The highest BCUT2D eigenvalue weighted by Gasteiger charge is 2.16. The lowest BCUT2D eigenvalue weighted by Gasteiger charge is -2.19. The van der Waals surface area contributed by atoms with Crippen LogP contribution in [0.2, 0.25) is 0 Å². The zero-order valence-electron chi connectivity index (χ0n) is 7.51. The minimum Gasteiger partial charge on any atom is -0.485 e. The van der Waals surface area contributed by atoms with Crippen LogP contribution in [-0.4, -0.2) is 17.2 Å². The van der Waals surface area contributed by atoms with E-state index in [0.717, 1.165) is 11.3 Å². The van der Waals surface area contributed by atoms with Crippen LogP contribution in [0.5, 0.6) is 5.75 Å². The van der Waals surface area contributed by atoms with Crippen LogP contribution in [0.15, 0.2) is 30.3 Å². The minimum absolute atomic E-state index is 0.00480. The SMILES string of the molecule is O=C(O)CC1C=Cc2ccccc2O1. The van der Waals surface area contributed by atoms with E-state index >= 15 is 0 Å². The molecule has 1 unspecified atom stereocenters. The third-order valence-electron chi connectivity index (χ3n) is 2.06. The molecule has 0 amide bonds. The number of aliphatic carboxylic acids is 1. The number of carboxylic acids is 1. The Balaban J connectivity index is 2.17. The molecule has 0 aliphatic carbocycles. The number of hydrogen-bond acceptors (Lipinski definition) is 2. The van der Waals surface area contributed by atoms with Gasteiger partial charge in [-0.05, 0) is 12.1 Å². The van der Waals surface area contributed by atoms with Gasteiger partial charge < -0.3 is 9.84 Å². The molecule has 1 N–H and O–H groups in total. The summed E-state index contributed by atoms with van der Waals surface area (Å²) in [5.41, 5.74) is 0.995. The Labute approximate surface area is 81.6 Å². The first-order valence-corrected chi connectivity index (χ1v) is 4.41. The van der Waals surface area contributed by atoms with Crippen molar-refractivity contribution < 1.29 is 14.6 Å². The average Bonchev–Trinajstić information content (AvgIpc) is 2.17. The third-order valence-corrected chi connectivity index (χ3v) is 2.06. The van der Waals surface area contributed by atoms with Gasteiger partial charge in [0.1, 0.15) is 11.9 Å². The van der Waals surface area contributed by atoms with Crippen molar-refractivity contribution in [2.24, 2.45) is 0 Å². The van der Waals surface area contributed by atoms with E-state index in [9.17, 15) is 4.79 Å². The molecule has 14 heavy (non-hydrogen) atoms.